The first-order valence-corrected chi connectivity index (χ1v) is 10.7. The van der Waals surface area contributed by atoms with Gasteiger partial charge in [-0.05, 0) is 37.2 Å². The summed E-state index contributed by atoms with van der Waals surface area (Å²) >= 11 is 0. The van der Waals surface area contributed by atoms with Crippen LogP contribution in [0.25, 0.3) is 0 Å². The number of cyclic esters (lactones) is 1. The minimum absolute atomic E-state index is 0.0741. The molecule has 18 heavy (non-hydrogen) atoms. The molecule has 0 radical (unpaired) electrons. The summed E-state index contributed by atoms with van der Waals surface area (Å²) in [4.78, 5) is 14.3. The molecule has 0 aromatic rings. The molecule has 0 unspecified atom stereocenters. The Morgan fingerprint density at radius 2 is 2.00 bits per heavy atom. The number of carbonyl (C=O) groups is 1. The van der Waals surface area contributed by atoms with Crippen LogP contribution in [0.4, 0.5) is 4.79 Å². The van der Waals surface area contributed by atoms with E-state index in [9.17, 15) is 4.79 Å². The normalized spacial score (nSPS) is 32.2. The van der Waals surface area contributed by atoms with Crippen molar-refractivity contribution in [3.8, 4) is 0 Å². The van der Waals surface area contributed by atoms with E-state index in [1.165, 1.54) is 24.8 Å². The van der Waals surface area contributed by atoms with Gasteiger partial charge in [0, 0.05) is 6.54 Å². The van der Waals surface area contributed by atoms with Gasteiger partial charge in [-0.25, -0.2) is 4.79 Å². The van der Waals surface area contributed by atoms with E-state index < -0.39 is 8.07 Å². The van der Waals surface area contributed by atoms with Gasteiger partial charge >= 0.3 is 6.09 Å². The fraction of sp³-hybridized carbons (Fsp3) is 0.786. The minimum atomic E-state index is -1.54. The van der Waals surface area contributed by atoms with Crippen LogP contribution in [0.5, 0.6) is 0 Å². The van der Waals surface area contributed by atoms with Crippen molar-refractivity contribution in [2.45, 2.75) is 57.8 Å². The Hall–Kier alpha value is -0.773. The Morgan fingerprint density at radius 1 is 1.22 bits per heavy atom. The third kappa shape index (κ3) is 1.81. The lowest BCUT2D eigenvalue weighted by molar-refractivity contribution is 0.100. The number of hydrogen-bond donors (Lipinski definition) is 0. The molecule has 2 atom stereocenters. The fourth-order valence-electron chi connectivity index (χ4n) is 3.80. The Morgan fingerprint density at radius 3 is 2.72 bits per heavy atom. The first kappa shape index (κ1) is 12.3. The summed E-state index contributed by atoms with van der Waals surface area (Å²) in [6, 6.07) is 0.385. The monoisotopic (exact) mass is 265 g/mol. The van der Waals surface area contributed by atoms with Gasteiger partial charge in [0.25, 0.3) is 0 Å². The van der Waals surface area contributed by atoms with Gasteiger partial charge in [0.2, 0.25) is 0 Å². The van der Waals surface area contributed by atoms with Crippen molar-refractivity contribution in [1.82, 2.24) is 4.90 Å². The van der Waals surface area contributed by atoms with E-state index in [0.717, 1.165) is 24.8 Å². The molecule has 0 bridgehead atoms. The summed E-state index contributed by atoms with van der Waals surface area (Å²) in [5.41, 5.74) is 1.47. The lowest BCUT2D eigenvalue weighted by atomic mass is 9.97. The number of rotatable bonds is 1. The summed E-state index contributed by atoms with van der Waals surface area (Å²) in [5, 5.41) is 1.10. The van der Waals surface area contributed by atoms with E-state index in [1.54, 1.807) is 0 Å². The molecule has 3 aliphatic rings. The number of nitrogens with zero attached hydrogens (tertiary/aromatic N) is 1. The second-order valence-electron chi connectivity index (χ2n) is 6.91. The second-order valence-corrected chi connectivity index (χ2v) is 11.9. The predicted molar refractivity (Wildman–Crippen MR) is 73.9 cm³/mol. The van der Waals surface area contributed by atoms with Crippen LogP contribution >= 0.6 is 0 Å². The lowest BCUT2D eigenvalue weighted by Gasteiger charge is -2.39. The molecule has 3 rings (SSSR count). The molecule has 0 aromatic carbocycles. The summed E-state index contributed by atoms with van der Waals surface area (Å²) in [7, 11) is -1.54. The van der Waals surface area contributed by atoms with Gasteiger partial charge in [0.05, 0.1) is 11.4 Å². The molecule has 3 nitrogen and oxygen atoms in total. The first-order valence-electron chi connectivity index (χ1n) is 7.20. The Kier molecular flexibility index (Phi) is 2.81. The smallest absolute Gasteiger partial charge is 0.415 e. The lowest BCUT2D eigenvalue weighted by Crippen LogP contribution is -2.49. The molecule has 1 saturated heterocycles. The Labute approximate surface area is 110 Å². The van der Waals surface area contributed by atoms with E-state index in [1.807, 2.05) is 4.90 Å². The van der Waals surface area contributed by atoms with Crippen LogP contribution in [-0.4, -0.2) is 31.7 Å². The molecule has 0 N–H and O–H groups in total. The maximum atomic E-state index is 12.2. The molecule has 0 spiro atoms. The van der Waals surface area contributed by atoms with Gasteiger partial charge in [-0.2, -0.15) is 0 Å². The highest BCUT2D eigenvalue weighted by atomic mass is 28.3. The standard InChI is InChI=1S/C14H23NO2Si/c1-18(2,3)13-11-8-7-10-6-4-5-9-15(12(10)11)14(16)17-13/h10,12H,4-9H2,1-3H3/t10-,12+/m1/s1. The Balaban J connectivity index is 2.06. The maximum Gasteiger partial charge on any atom is 0.415 e. The molecule has 4 heteroatoms. The second kappa shape index (κ2) is 4.12. The quantitative estimate of drug-likeness (QED) is 0.679. The van der Waals surface area contributed by atoms with Gasteiger partial charge < -0.3 is 9.64 Å². The van der Waals surface area contributed by atoms with Crippen molar-refractivity contribution in [2.75, 3.05) is 6.54 Å². The largest absolute Gasteiger partial charge is 0.420 e. The van der Waals surface area contributed by atoms with E-state index in [4.69, 9.17) is 4.74 Å². The van der Waals surface area contributed by atoms with Gasteiger partial charge in [-0.15, -0.1) is 0 Å². The van der Waals surface area contributed by atoms with Gasteiger partial charge in [-0.1, -0.05) is 26.1 Å². The van der Waals surface area contributed by atoms with Crippen molar-refractivity contribution < 1.29 is 9.53 Å². The van der Waals surface area contributed by atoms with Crippen LogP contribution < -0.4 is 0 Å². The van der Waals surface area contributed by atoms with E-state index in [2.05, 4.69) is 19.6 Å². The van der Waals surface area contributed by atoms with Crippen molar-refractivity contribution in [2.24, 2.45) is 5.92 Å². The van der Waals surface area contributed by atoms with Crippen LogP contribution in [0.3, 0.4) is 0 Å². The van der Waals surface area contributed by atoms with E-state index in [0.29, 0.717) is 12.0 Å². The predicted octanol–water partition coefficient (Wildman–Crippen LogP) is 3.53. The zero-order valence-corrected chi connectivity index (χ0v) is 12.7. The zero-order chi connectivity index (χ0) is 12.9. The molecule has 1 aliphatic carbocycles. The summed E-state index contributed by atoms with van der Waals surface area (Å²) < 4.78 is 5.73. The minimum Gasteiger partial charge on any atom is -0.420 e. The average Bonchev–Trinajstić information content (AvgIpc) is 2.56. The van der Waals surface area contributed by atoms with Crippen molar-refractivity contribution >= 4 is 14.2 Å². The molecule has 2 heterocycles. The van der Waals surface area contributed by atoms with E-state index >= 15 is 0 Å². The zero-order valence-electron chi connectivity index (χ0n) is 11.7. The average molecular weight is 265 g/mol. The van der Waals surface area contributed by atoms with Crippen LogP contribution in [-0.2, 0) is 4.74 Å². The van der Waals surface area contributed by atoms with Crippen LogP contribution in [0.2, 0.25) is 19.6 Å². The van der Waals surface area contributed by atoms with E-state index in [-0.39, 0.29) is 6.09 Å². The molecule has 0 aromatic heterocycles. The molecule has 2 aliphatic heterocycles. The Bertz CT molecular complexity index is 411. The molecule has 100 valence electrons. The first-order chi connectivity index (χ1) is 8.48. The fourth-order valence-corrected chi connectivity index (χ4v) is 5.43. The third-order valence-electron chi connectivity index (χ3n) is 4.54. The number of amides is 1. The number of carbonyl (C=O) groups excluding carboxylic acids is 1. The van der Waals surface area contributed by atoms with Gasteiger partial charge in [0.1, 0.15) is 8.07 Å². The number of ether oxygens (including phenoxy) is 1. The van der Waals surface area contributed by atoms with Crippen LogP contribution in [0.15, 0.2) is 11.0 Å². The van der Waals surface area contributed by atoms with Gasteiger partial charge in [-0.3, -0.25) is 0 Å². The highest BCUT2D eigenvalue weighted by Crippen LogP contribution is 2.45. The van der Waals surface area contributed by atoms with Crippen molar-refractivity contribution in [3.63, 3.8) is 0 Å². The summed E-state index contributed by atoms with van der Waals surface area (Å²) in [5.74, 6) is 0.696. The van der Waals surface area contributed by atoms with Crippen molar-refractivity contribution in [1.29, 1.82) is 0 Å². The molecule has 1 saturated carbocycles. The molecular weight excluding hydrogens is 242 g/mol. The molecule has 1 amide bonds. The number of hydrogen-bond acceptors (Lipinski definition) is 2. The highest BCUT2D eigenvalue weighted by Gasteiger charge is 2.47. The third-order valence-corrected chi connectivity index (χ3v) is 6.33. The van der Waals surface area contributed by atoms with Crippen molar-refractivity contribution in [3.05, 3.63) is 11.0 Å². The summed E-state index contributed by atoms with van der Waals surface area (Å²) in [6.45, 7) is 7.73. The highest BCUT2D eigenvalue weighted by molar-refractivity contribution is 6.82. The maximum absolute atomic E-state index is 12.2. The SMILES string of the molecule is C[Si](C)(C)C1=C2CC[C@H]3CCCCN(C(=O)O1)[C@H]23. The van der Waals surface area contributed by atoms with Gasteiger partial charge in [0.15, 0.2) is 0 Å². The molecular formula is C14H23NO2Si. The van der Waals surface area contributed by atoms with Crippen LogP contribution in [0, 0.1) is 5.92 Å². The topological polar surface area (TPSA) is 29.5 Å². The molecule has 2 fully saturated rings. The van der Waals surface area contributed by atoms with Crippen LogP contribution in [0.1, 0.15) is 32.1 Å². The summed E-state index contributed by atoms with van der Waals surface area (Å²) in [6.07, 6.45) is 6.02.